The molecule has 1 aliphatic rings. The third-order valence-electron chi connectivity index (χ3n) is 4.22. The molecule has 5 heteroatoms. The highest BCUT2D eigenvalue weighted by Gasteiger charge is 2.34. The zero-order valence-corrected chi connectivity index (χ0v) is 13.6. The summed E-state index contributed by atoms with van der Waals surface area (Å²) in [7, 11) is -3.59. The summed E-state index contributed by atoms with van der Waals surface area (Å²) in [4.78, 5) is 0.260. The number of benzene rings is 1. The Morgan fingerprint density at radius 3 is 2.43 bits per heavy atom. The maximum atomic E-state index is 13.1. The van der Waals surface area contributed by atoms with E-state index in [4.69, 9.17) is 5.73 Å². The lowest BCUT2D eigenvalue weighted by molar-refractivity contribution is 0.347. The van der Waals surface area contributed by atoms with E-state index in [1.807, 2.05) is 19.1 Å². The van der Waals surface area contributed by atoms with Gasteiger partial charge in [0.1, 0.15) is 4.90 Å². The molecule has 2 N–H and O–H groups in total. The number of hydrogen-bond donors (Lipinski definition) is 1. The van der Waals surface area contributed by atoms with Gasteiger partial charge in [-0.2, -0.15) is 4.31 Å². The SMILES string of the molecule is C=CCN(C1CCCC1)S(=O)(=O)c1c(C)ccc(C)c1N. The quantitative estimate of drug-likeness (QED) is 0.672. The lowest BCUT2D eigenvalue weighted by atomic mass is 10.1. The Labute approximate surface area is 127 Å². The Kier molecular flexibility index (Phi) is 4.74. The van der Waals surface area contributed by atoms with Gasteiger partial charge >= 0.3 is 0 Å². The van der Waals surface area contributed by atoms with Gasteiger partial charge in [0.2, 0.25) is 10.0 Å². The molecule has 1 aromatic carbocycles. The second-order valence-corrected chi connectivity index (χ2v) is 7.57. The van der Waals surface area contributed by atoms with Crippen LogP contribution in [0.5, 0.6) is 0 Å². The molecule has 0 aliphatic heterocycles. The average molecular weight is 308 g/mol. The van der Waals surface area contributed by atoms with Crippen LogP contribution in [0.2, 0.25) is 0 Å². The molecule has 0 saturated heterocycles. The number of rotatable bonds is 5. The van der Waals surface area contributed by atoms with Crippen molar-refractivity contribution in [2.75, 3.05) is 12.3 Å². The van der Waals surface area contributed by atoms with E-state index in [1.165, 1.54) is 0 Å². The standard InChI is InChI=1S/C16H24N2O2S/c1-4-11-18(14-7-5-6-8-14)21(19,20)16-13(3)10-9-12(2)15(16)17/h4,9-10,14H,1,5-8,11,17H2,2-3H3. The van der Waals surface area contributed by atoms with E-state index in [1.54, 1.807) is 17.3 Å². The second-order valence-electron chi connectivity index (χ2n) is 5.74. The molecule has 4 nitrogen and oxygen atoms in total. The number of nitrogens with two attached hydrogens (primary N) is 1. The van der Waals surface area contributed by atoms with Crippen LogP contribution in [0.25, 0.3) is 0 Å². The third-order valence-corrected chi connectivity index (χ3v) is 6.34. The highest BCUT2D eigenvalue weighted by molar-refractivity contribution is 7.89. The number of sulfonamides is 1. The van der Waals surface area contributed by atoms with E-state index in [9.17, 15) is 8.42 Å². The van der Waals surface area contributed by atoms with Crippen molar-refractivity contribution >= 4 is 15.7 Å². The molecule has 116 valence electrons. The summed E-state index contributed by atoms with van der Waals surface area (Å²) < 4.78 is 27.8. The van der Waals surface area contributed by atoms with E-state index < -0.39 is 10.0 Å². The van der Waals surface area contributed by atoms with Crippen LogP contribution < -0.4 is 5.73 Å². The Morgan fingerprint density at radius 2 is 1.86 bits per heavy atom. The van der Waals surface area contributed by atoms with Crippen molar-refractivity contribution in [2.24, 2.45) is 0 Å². The first-order valence-electron chi connectivity index (χ1n) is 7.38. The van der Waals surface area contributed by atoms with Crippen LogP contribution in [0.15, 0.2) is 29.7 Å². The zero-order valence-electron chi connectivity index (χ0n) is 12.8. The third kappa shape index (κ3) is 2.99. The fraction of sp³-hybridized carbons (Fsp3) is 0.500. The summed E-state index contributed by atoms with van der Waals surface area (Å²) in [5, 5.41) is 0. The summed E-state index contributed by atoms with van der Waals surface area (Å²) in [6.45, 7) is 7.67. The largest absolute Gasteiger partial charge is 0.397 e. The van der Waals surface area contributed by atoms with Gasteiger partial charge in [0.15, 0.2) is 0 Å². The average Bonchev–Trinajstić information content (AvgIpc) is 2.94. The summed E-state index contributed by atoms with van der Waals surface area (Å²) in [6.07, 6.45) is 5.64. The molecule has 0 heterocycles. The molecule has 1 aliphatic carbocycles. The van der Waals surface area contributed by atoms with Crippen LogP contribution in [0, 0.1) is 13.8 Å². The fourth-order valence-corrected chi connectivity index (χ4v) is 5.08. The number of hydrogen-bond acceptors (Lipinski definition) is 3. The second kappa shape index (κ2) is 6.20. The van der Waals surface area contributed by atoms with Crippen LogP contribution >= 0.6 is 0 Å². The monoisotopic (exact) mass is 308 g/mol. The molecule has 1 fully saturated rings. The molecule has 1 saturated carbocycles. The summed E-state index contributed by atoms with van der Waals surface area (Å²) >= 11 is 0. The van der Waals surface area contributed by atoms with Gasteiger partial charge in [-0.05, 0) is 37.8 Å². The Morgan fingerprint density at radius 1 is 1.29 bits per heavy atom. The molecule has 0 unspecified atom stereocenters. The molecule has 0 aromatic heterocycles. The minimum atomic E-state index is -3.59. The molecule has 0 radical (unpaired) electrons. The number of nitrogen functional groups attached to an aromatic ring is 1. The highest BCUT2D eigenvalue weighted by atomic mass is 32.2. The van der Waals surface area contributed by atoms with Crippen molar-refractivity contribution in [3.05, 3.63) is 35.9 Å². The molecule has 1 aromatic rings. The normalized spacial score (nSPS) is 16.5. The van der Waals surface area contributed by atoms with Gasteiger partial charge in [-0.15, -0.1) is 6.58 Å². The van der Waals surface area contributed by atoms with Crippen molar-refractivity contribution in [3.63, 3.8) is 0 Å². The molecule has 0 bridgehead atoms. The predicted molar refractivity (Wildman–Crippen MR) is 86.7 cm³/mol. The van der Waals surface area contributed by atoms with Crippen LogP contribution in [0.3, 0.4) is 0 Å². The lowest BCUT2D eigenvalue weighted by Crippen LogP contribution is -2.39. The Bertz CT molecular complexity index is 632. The van der Waals surface area contributed by atoms with Crippen LogP contribution in [0.1, 0.15) is 36.8 Å². The minimum absolute atomic E-state index is 0.0623. The molecule has 0 amide bonds. The van der Waals surface area contributed by atoms with Crippen molar-refractivity contribution in [3.8, 4) is 0 Å². The van der Waals surface area contributed by atoms with E-state index in [2.05, 4.69) is 6.58 Å². The Hall–Kier alpha value is -1.33. The van der Waals surface area contributed by atoms with Gasteiger partial charge in [0, 0.05) is 12.6 Å². The van der Waals surface area contributed by atoms with Crippen molar-refractivity contribution in [1.82, 2.24) is 4.31 Å². The van der Waals surface area contributed by atoms with E-state index in [0.717, 1.165) is 31.2 Å². The maximum Gasteiger partial charge on any atom is 0.245 e. The van der Waals surface area contributed by atoms with Crippen molar-refractivity contribution in [2.45, 2.75) is 50.5 Å². The number of aryl methyl sites for hydroxylation is 2. The van der Waals surface area contributed by atoms with Gasteiger partial charge in [0.25, 0.3) is 0 Å². The van der Waals surface area contributed by atoms with Gasteiger partial charge in [-0.25, -0.2) is 8.42 Å². The highest BCUT2D eigenvalue weighted by Crippen LogP contribution is 2.33. The molecular weight excluding hydrogens is 284 g/mol. The molecule has 0 atom stereocenters. The summed E-state index contributed by atoms with van der Waals surface area (Å²) in [6, 6.07) is 3.74. The number of nitrogens with zero attached hydrogens (tertiary/aromatic N) is 1. The number of anilines is 1. The van der Waals surface area contributed by atoms with Crippen molar-refractivity contribution < 1.29 is 8.42 Å². The van der Waals surface area contributed by atoms with E-state index >= 15 is 0 Å². The fourth-order valence-electron chi connectivity index (χ4n) is 3.03. The first-order chi connectivity index (χ1) is 9.89. The molecule has 0 spiro atoms. The first kappa shape index (κ1) is 16.0. The van der Waals surface area contributed by atoms with Crippen molar-refractivity contribution in [1.29, 1.82) is 0 Å². The predicted octanol–water partition coefficient (Wildman–Crippen LogP) is 3.00. The zero-order chi connectivity index (χ0) is 15.6. The van der Waals surface area contributed by atoms with E-state index in [-0.39, 0.29) is 10.9 Å². The topological polar surface area (TPSA) is 63.4 Å². The van der Waals surface area contributed by atoms with Crippen LogP contribution in [-0.4, -0.2) is 25.3 Å². The summed E-state index contributed by atoms with van der Waals surface area (Å²) in [5.41, 5.74) is 7.93. The van der Waals surface area contributed by atoms with Gasteiger partial charge in [-0.1, -0.05) is 31.1 Å². The summed E-state index contributed by atoms with van der Waals surface area (Å²) in [5.74, 6) is 0. The van der Waals surface area contributed by atoms with Gasteiger partial charge in [-0.3, -0.25) is 0 Å². The Balaban J connectivity index is 2.53. The van der Waals surface area contributed by atoms with Crippen LogP contribution in [-0.2, 0) is 10.0 Å². The molecular formula is C16H24N2O2S. The van der Waals surface area contributed by atoms with E-state index in [0.29, 0.717) is 17.8 Å². The van der Waals surface area contributed by atoms with Crippen LogP contribution in [0.4, 0.5) is 5.69 Å². The van der Waals surface area contributed by atoms with Gasteiger partial charge < -0.3 is 5.73 Å². The molecule has 2 rings (SSSR count). The smallest absolute Gasteiger partial charge is 0.245 e. The van der Waals surface area contributed by atoms with Gasteiger partial charge in [0.05, 0.1) is 5.69 Å². The first-order valence-corrected chi connectivity index (χ1v) is 8.82. The lowest BCUT2D eigenvalue weighted by Gasteiger charge is -2.28. The molecule has 21 heavy (non-hydrogen) atoms. The minimum Gasteiger partial charge on any atom is -0.397 e. The maximum absolute atomic E-state index is 13.1.